The summed E-state index contributed by atoms with van der Waals surface area (Å²) >= 11 is 0. The highest BCUT2D eigenvalue weighted by atomic mass is 19.4. The number of aromatic nitrogens is 3. The zero-order valence-corrected chi connectivity index (χ0v) is 26.3. The van der Waals surface area contributed by atoms with Gasteiger partial charge in [0.05, 0.1) is 23.2 Å². The van der Waals surface area contributed by atoms with E-state index in [1.807, 2.05) is 25.1 Å². The molecule has 0 radical (unpaired) electrons. The predicted molar refractivity (Wildman–Crippen MR) is 163 cm³/mol. The lowest BCUT2D eigenvalue weighted by molar-refractivity contribution is -0.193. The van der Waals surface area contributed by atoms with Gasteiger partial charge in [0.1, 0.15) is 5.82 Å². The number of carboxylic acids is 3. The molecular weight excluding hydrogens is 731 g/mol. The van der Waals surface area contributed by atoms with Crippen LogP contribution in [0, 0.1) is 6.92 Å². The summed E-state index contributed by atoms with van der Waals surface area (Å²) in [7, 11) is 0. The van der Waals surface area contributed by atoms with Crippen LogP contribution in [-0.4, -0.2) is 90.7 Å². The van der Waals surface area contributed by atoms with Crippen LogP contribution in [0.25, 0.3) is 10.9 Å². The molecule has 1 fully saturated rings. The first-order valence-corrected chi connectivity index (χ1v) is 14.1. The number of rotatable bonds is 5. The largest absolute Gasteiger partial charge is 0.490 e. The number of carbonyl (C=O) groups is 4. The van der Waals surface area contributed by atoms with Crippen molar-refractivity contribution in [2.45, 2.75) is 63.2 Å². The van der Waals surface area contributed by atoms with Gasteiger partial charge < -0.3 is 32.1 Å². The molecule has 2 aromatic heterocycles. The first-order valence-electron chi connectivity index (χ1n) is 14.1. The minimum absolute atomic E-state index is 0.0259. The Morgan fingerprint density at radius 3 is 1.81 bits per heavy atom. The van der Waals surface area contributed by atoms with Gasteiger partial charge in [-0.3, -0.25) is 15.1 Å². The number of nitrogens with one attached hydrogen (secondary N) is 2. The van der Waals surface area contributed by atoms with Gasteiger partial charge in [-0.05, 0) is 44.0 Å². The number of amides is 1. The highest BCUT2D eigenvalue weighted by Crippen LogP contribution is 2.29. The maximum Gasteiger partial charge on any atom is 0.490 e. The molecule has 286 valence electrons. The second kappa shape index (κ2) is 18.9. The van der Waals surface area contributed by atoms with Gasteiger partial charge in [-0.1, -0.05) is 24.5 Å². The third-order valence-corrected chi connectivity index (χ3v) is 6.09. The van der Waals surface area contributed by atoms with Crippen molar-refractivity contribution in [2.75, 3.05) is 10.6 Å². The minimum Gasteiger partial charge on any atom is -0.475 e. The highest BCUT2D eigenvalue weighted by Gasteiger charge is 2.39. The number of carboxylic acid groups (broad SMARTS) is 3. The molecule has 2 heterocycles. The Hall–Kier alpha value is -5.97. The summed E-state index contributed by atoms with van der Waals surface area (Å²) in [5.41, 5.74) is 13.6. The van der Waals surface area contributed by atoms with Gasteiger partial charge in [0.25, 0.3) is 5.91 Å². The van der Waals surface area contributed by atoms with Gasteiger partial charge in [-0.2, -0.15) is 44.5 Å². The standard InChI is InChI=1S/C22H26N8O.3C2HF3O2/c1-13-8-9-16-15(11-13)19(26-17-6-2-3-7-18(17)27-21(23)24)29-22(28-16)30-20(31)14-5-4-10-25-12-14;3*3-2(4,5)1(6)7/h4-5,8-12,17-18H,2-3,6-7H2,1H3,(H4,23,24,27)(H2,26,28,29,30,31);3*(H,6,7). The molecule has 2 atom stereocenters. The molecule has 1 aliphatic rings. The maximum absolute atomic E-state index is 12.6. The molecule has 1 aliphatic carbocycles. The van der Waals surface area contributed by atoms with Crippen molar-refractivity contribution in [3.8, 4) is 0 Å². The topological polar surface area (TPSA) is 256 Å². The lowest BCUT2D eigenvalue weighted by Gasteiger charge is -2.30. The first-order chi connectivity index (χ1) is 23.8. The van der Waals surface area contributed by atoms with Gasteiger partial charge in [0, 0.05) is 17.8 Å². The zero-order chi connectivity index (χ0) is 40.0. The fourth-order valence-corrected chi connectivity index (χ4v) is 3.88. The number of nitrogens with two attached hydrogens (primary N) is 2. The number of benzene rings is 1. The Bertz CT molecular complexity index is 1660. The number of halogens is 9. The number of hydrogen-bond acceptors (Lipinski definition) is 9. The molecule has 2 unspecified atom stereocenters. The van der Waals surface area contributed by atoms with Gasteiger partial charge in [-0.15, -0.1) is 0 Å². The van der Waals surface area contributed by atoms with E-state index in [-0.39, 0.29) is 29.9 Å². The Morgan fingerprint density at radius 2 is 1.35 bits per heavy atom. The van der Waals surface area contributed by atoms with Crippen molar-refractivity contribution >= 4 is 52.4 Å². The van der Waals surface area contributed by atoms with Crippen LogP contribution in [0.5, 0.6) is 0 Å². The number of aliphatic carboxylic acids is 3. The molecule has 24 heteroatoms. The quantitative estimate of drug-likeness (QED) is 0.108. The highest BCUT2D eigenvalue weighted by molar-refractivity contribution is 6.04. The molecule has 0 bridgehead atoms. The summed E-state index contributed by atoms with van der Waals surface area (Å²) in [5.74, 6) is -7.62. The minimum atomic E-state index is -5.08. The molecule has 1 saturated carbocycles. The van der Waals surface area contributed by atoms with E-state index in [2.05, 4.69) is 30.6 Å². The molecule has 9 N–H and O–H groups in total. The molecule has 0 aliphatic heterocycles. The third kappa shape index (κ3) is 15.7. The summed E-state index contributed by atoms with van der Waals surface area (Å²) in [4.78, 5) is 56.8. The maximum atomic E-state index is 12.6. The fourth-order valence-electron chi connectivity index (χ4n) is 3.88. The number of aliphatic imine (C=N–C) groups is 1. The van der Waals surface area contributed by atoms with Crippen LogP contribution in [0.15, 0.2) is 47.7 Å². The van der Waals surface area contributed by atoms with E-state index >= 15 is 0 Å². The van der Waals surface area contributed by atoms with Crippen molar-refractivity contribution in [3.05, 3.63) is 53.9 Å². The second-order valence-corrected chi connectivity index (χ2v) is 10.2. The summed E-state index contributed by atoms with van der Waals surface area (Å²) in [6, 6.07) is 9.34. The van der Waals surface area contributed by atoms with Gasteiger partial charge in [0.2, 0.25) is 5.95 Å². The lowest BCUT2D eigenvalue weighted by Crippen LogP contribution is -2.38. The van der Waals surface area contributed by atoms with E-state index in [1.54, 1.807) is 18.3 Å². The van der Waals surface area contributed by atoms with Crippen molar-refractivity contribution in [3.63, 3.8) is 0 Å². The van der Waals surface area contributed by atoms with Crippen LogP contribution in [0.1, 0.15) is 41.6 Å². The first kappa shape index (κ1) is 44.1. The Balaban J connectivity index is 0.000000525. The van der Waals surface area contributed by atoms with Crippen LogP contribution in [0.2, 0.25) is 0 Å². The van der Waals surface area contributed by atoms with E-state index in [9.17, 15) is 44.3 Å². The number of nitrogens with zero attached hydrogens (tertiary/aromatic N) is 4. The number of carbonyl (C=O) groups excluding carboxylic acids is 1. The number of aryl methyl sites for hydroxylation is 1. The fraction of sp³-hybridized carbons (Fsp3) is 0.357. The molecule has 4 rings (SSSR count). The number of alkyl halides is 9. The van der Waals surface area contributed by atoms with Crippen LogP contribution in [0.4, 0.5) is 51.3 Å². The normalized spacial score (nSPS) is 15.5. The van der Waals surface area contributed by atoms with Crippen molar-refractivity contribution < 1.29 is 74.0 Å². The molecular formula is C28H29F9N8O7. The summed E-state index contributed by atoms with van der Waals surface area (Å²) in [5, 5.41) is 28.6. The van der Waals surface area contributed by atoms with E-state index in [0.29, 0.717) is 11.4 Å². The SMILES string of the molecule is Cc1ccc2nc(NC(=O)c3cccnc3)nc(NC3CCCCC3N=C(N)N)c2c1.O=C(O)C(F)(F)F.O=C(O)C(F)(F)F.O=C(O)C(F)(F)F. The Morgan fingerprint density at radius 1 is 0.827 bits per heavy atom. The average Bonchev–Trinajstić information content (AvgIpc) is 3.02. The summed E-state index contributed by atoms with van der Waals surface area (Å²) < 4.78 is 95.2. The molecule has 52 heavy (non-hydrogen) atoms. The molecule has 3 aromatic rings. The molecule has 15 nitrogen and oxygen atoms in total. The van der Waals surface area contributed by atoms with Crippen LogP contribution in [0.3, 0.4) is 0 Å². The van der Waals surface area contributed by atoms with E-state index < -0.39 is 36.4 Å². The van der Waals surface area contributed by atoms with E-state index in [1.165, 1.54) is 6.20 Å². The smallest absolute Gasteiger partial charge is 0.475 e. The second-order valence-electron chi connectivity index (χ2n) is 10.2. The van der Waals surface area contributed by atoms with Crippen LogP contribution in [-0.2, 0) is 14.4 Å². The predicted octanol–water partition coefficient (Wildman–Crippen LogP) is 4.48. The van der Waals surface area contributed by atoms with Gasteiger partial charge >= 0.3 is 36.4 Å². The number of guanidine groups is 1. The number of pyridine rings is 1. The monoisotopic (exact) mass is 760 g/mol. The van der Waals surface area contributed by atoms with Crippen molar-refractivity contribution in [1.29, 1.82) is 0 Å². The third-order valence-electron chi connectivity index (χ3n) is 6.09. The van der Waals surface area contributed by atoms with Gasteiger partial charge in [0.15, 0.2) is 5.96 Å². The lowest BCUT2D eigenvalue weighted by atomic mass is 9.90. The zero-order valence-electron chi connectivity index (χ0n) is 26.3. The Kier molecular flexibility index (Phi) is 16.0. The number of anilines is 2. The van der Waals surface area contributed by atoms with E-state index in [4.69, 9.17) is 41.2 Å². The van der Waals surface area contributed by atoms with Crippen molar-refractivity contribution in [1.82, 2.24) is 15.0 Å². The number of hydrogen-bond donors (Lipinski definition) is 7. The molecule has 0 saturated heterocycles. The molecule has 1 amide bonds. The average molecular weight is 761 g/mol. The van der Waals surface area contributed by atoms with Gasteiger partial charge in [-0.25, -0.2) is 24.4 Å². The molecule has 0 spiro atoms. The summed E-state index contributed by atoms with van der Waals surface area (Å²) in [6.45, 7) is 2.02. The van der Waals surface area contributed by atoms with Crippen LogP contribution >= 0.6 is 0 Å². The summed E-state index contributed by atoms with van der Waals surface area (Å²) in [6.07, 6.45) is -8.14. The molecule has 1 aromatic carbocycles. The van der Waals surface area contributed by atoms with Crippen molar-refractivity contribution in [2.24, 2.45) is 16.5 Å². The van der Waals surface area contributed by atoms with E-state index in [0.717, 1.165) is 42.1 Å². The Labute approximate surface area is 286 Å². The van der Waals surface area contributed by atoms with Crippen LogP contribution < -0.4 is 22.1 Å². The number of fused-ring (bicyclic) bond motifs is 1.